The normalized spacial score (nSPS) is 13.9. The lowest BCUT2D eigenvalue weighted by Gasteiger charge is -2.22. The first-order valence-corrected chi connectivity index (χ1v) is 14.5. The van der Waals surface area contributed by atoms with E-state index in [0.717, 1.165) is 63.1 Å². The van der Waals surface area contributed by atoms with E-state index in [1.807, 2.05) is 0 Å². The second kappa shape index (κ2) is 28.2. The minimum absolute atomic E-state index is 0.218. The van der Waals surface area contributed by atoms with E-state index in [2.05, 4.69) is 24.3 Å². The Morgan fingerprint density at radius 3 is 1.18 bits per heavy atom. The third kappa shape index (κ3) is 24.9. The number of rotatable bonds is 26. The molecule has 0 aromatic carbocycles. The molecular weight excluding hydrogens is 455 g/mol. The molecule has 0 heterocycles. The van der Waals surface area contributed by atoms with Crippen LogP contribution < -0.4 is 0 Å². The summed E-state index contributed by atoms with van der Waals surface area (Å²) in [4.78, 5) is 0. The van der Waals surface area contributed by atoms with Crippen LogP contribution in [-0.4, -0.2) is 38.6 Å². The fourth-order valence-corrected chi connectivity index (χ4v) is 4.09. The Bertz CT molecular complexity index is 391. The first-order valence-electron chi connectivity index (χ1n) is 13.4. The number of halogens is 2. The lowest BCUT2D eigenvalue weighted by molar-refractivity contribution is -0.232. The minimum atomic E-state index is -0.218. The van der Waals surface area contributed by atoms with Crippen molar-refractivity contribution in [1.82, 2.24) is 0 Å². The highest BCUT2D eigenvalue weighted by Gasteiger charge is 2.14. The second-order valence-electron chi connectivity index (χ2n) is 8.76. The van der Waals surface area contributed by atoms with Gasteiger partial charge in [-0.2, -0.15) is 0 Å². The van der Waals surface area contributed by atoms with Crippen LogP contribution in [0.25, 0.3) is 0 Å². The summed E-state index contributed by atoms with van der Waals surface area (Å²) < 4.78 is 17.0. The maximum Gasteiger partial charge on any atom is 0.160 e. The van der Waals surface area contributed by atoms with Gasteiger partial charge in [-0.3, -0.25) is 0 Å². The van der Waals surface area contributed by atoms with Crippen LogP contribution in [0.15, 0.2) is 24.3 Å². The quantitative estimate of drug-likeness (QED) is 0.0505. The Morgan fingerprint density at radius 2 is 0.818 bits per heavy atom. The van der Waals surface area contributed by atoms with E-state index in [-0.39, 0.29) is 12.6 Å². The third-order valence-electron chi connectivity index (χ3n) is 5.81. The van der Waals surface area contributed by atoms with Gasteiger partial charge in [0.25, 0.3) is 0 Å². The molecule has 0 saturated carbocycles. The number of ether oxygens (including phenoxy) is 3. The van der Waals surface area contributed by atoms with Gasteiger partial charge in [0.15, 0.2) is 12.6 Å². The molecule has 0 amide bonds. The summed E-state index contributed by atoms with van der Waals surface area (Å²) in [5, 5.41) is 0. The highest BCUT2D eigenvalue weighted by Crippen LogP contribution is 2.14. The van der Waals surface area contributed by atoms with E-state index in [1.54, 1.807) is 14.2 Å². The van der Waals surface area contributed by atoms with Crippen molar-refractivity contribution in [3.05, 3.63) is 24.3 Å². The van der Waals surface area contributed by atoms with Crippen molar-refractivity contribution in [2.75, 3.05) is 26.0 Å². The fraction of sp³-hybridized carbons (Fsp3) is 0.857. The molecule has 0 aromatic rings. The van der Waals surface area contributed by atoms with E-state index in [9.17, 15) is 0 Å². The highest BCUT2D eigenvalue weighted by molar-refractivity contribution is 6.18. The fourth-order valence-electron chi connectivity index (χ4n) is 3.72. The monoisotopic (exact) mass is 506 g/mol. The van der Waals surface area contributed by atoms with E-state index in [4.69, 9.17) is 37.4 Å². The van der Waals surface area contributed by atoms with Crippen LogP contribution in [0.2, 0.25) is 0 Å². The lowest BCUT2D eigenvalue weighted by Crippen LogP contribution is -2.25. The van der Waals surface area contributed by atoms with Crippen molar-refractivity contribution in [1.29, 1.82) is 0 Å². The van der Waals surface area contributed by atoms with Gasteiger partial charge in [-0.15, -0.1) is 23.2 Å². The van der Waals surface area contributed by atoms with Crippen LogP contribution in [0.1, 0.15) is 116 Å². The Labute approximate surface area is 215 Å². The molecule has 0 bridgehead atoms. The number of hydrogen-bond donors (Lipinski definition) is 0. The minimum Gasteiger partial charge on any atom is -0.356 e. The summed E-state index contributed by atoms with van der Waals surface area (Å²) in [6.07, 6.45) is 29.9. The van der Waals surface area contributed by atoms with Gasteiger partial charge in [0.1, 0.15) is 0 Å². The van der Waals surface area contributed by atoms with Crippen molar-refractivity contribution in [2.24, 2.45) is 0 Å². The molecule has 2 unspecified atom stereocenters. The van der Waals surface area contributed by atoms with Crippen molar-refractivity contribution in [3.8, 4) is 0 Å². The van der Waals surface area contributed by atoms with Crippen molar-refractivity contribution >= 4 is 23.2 Å². The molecular formula is C28H52Cl2O3. The summed E-state index contributed by atoms with van der Waals surface area (Å²) in [7, 11) is 3.42. The van der Waals surface area contributed by atoms with E-state index in [1.165, 1.54) is 64.2 Å². The molecule has 196 valence electrons. The number of hydrogen-bond acceptors (Lipinski definition) is 3. The van der Waals surface area contributed by atoms with Gasteiger partial charge in [0.2, 0.25) is 0 Å². The van der Waals surface area contributed by atoms with Gasteiger partial charge in [0, 0.05) is 38.8 Å². The maximum absolute atomic E-state index is 6.00. The Morgan fingerprint density at radius 1 is 0.485 bits per heavy atom. The van der Waals surface area contributed by atoms with Gasteiger partial charge in [-0.1, -0.05) is 75.7 Å². The number of alkyl halides is 2. The van der Waals surface area contributed by atoms with Crippen LogP contribution in [0.5, 0.6) is 0 Å². The predicted octanol–water partition coefficient (Wildman–Crippen LogP) is 9.56. The average molecular weight is 508 g/mol. The lowest BCUT2D eigenvalue weighted by atomic mass is 10.1. The third-order valence-corrected chi connectivity index (χ3v) is 6.34. The van der Waals surface area contributed by atoms with Gasteiger partial charge >= 0.3 is 0 Å². The number of allylic oxidation sites excluding steroid dienone is 4. The molecule has 0 aromatic heterocycles. The summed E-state index contributed by atoms with van der Waals surface area (Å²) in [6.45, 7) is 0. The molecule has 0 spiro atoms. The molecule has 0 rings (SSSR count). The molecule has 2 atom stereocenters. The van der Waals surface area contributed by atoms with Crippen LogP contribution in [-0.2, 0) is 14.2 Å². The first kappa shape index (κ1) is 32.9. The maximum atomic E-state index is 6.00. The molecule has 0 radical (unpaired) electrons. The van der Waals surface area contributed by atoms with Crippen LogP contribution >= 0.6 is 23.2 Å². The number of methoxy groups -OCH3 is 2. The first-order chi connectivity index (χ1) is 16.3. The molecule has 0 aliphatic heterocycles. The van der Waals surface area contributed by atoms with Gasteiger partial charge in [-0.05, 0) is 51.4 Å². The Kier molecular flexibility index (Phi) is 28.1. The van der Waals surface area contributed by atoms with Gasteiger partial charge in [0.05, 0.1) is 0 Å². The Balaban J connectivity index is 3.74. The average Bonchev–Trinajstić information content (AvgIpc) is 2.83. The zero-order valence-electron chi connectivity index (χ0n) is 21.6. The molecule has 33 heavy (non-hydrogen) atoms. The predicted molar refractivity (Wildman–Crippen MR) is 146 cm³/mol. The zero-order valence-corrected chi connectivity index (χ0v) is 23.1. The van der Waals surface area contributed by atoms with E-state index in [0.29, 0.717) is 0 Å². The highest BCUT2D eigenvalue weighted by atomic mass is 35.5. The standard InChI is InChI=1S/C28H52Cl2O3/c1-31-27(23-19-15-11-7-3-5-9-13-17-21-25-29)33-28(32-2)24-20-16-12-8-4-6-10-14-18-22-26-30/h11-12,15-16,27-28H,3-10,13-14,17-26H2,1-2H3. The second-order valence-corrected chi connectivity index (χ2v) is 9.52. The van der Waals surface area contributed by atoms with Crippen LogP contribution in [0.3, 0.4) is 0 Å². The molecule has 0 fully saturated rings. The van der Waals surface area contributed by atoms with Gasteiger partial charge < -0.3 is 14.2 Å². The van der Waals surface area contributed by atoms with Crippen molar-refractivity contribution in [3.63, 3.8) is 0 Å². The zero-order chi connectivity index (χ0) is 24.2. The van der Waals surface area contributed by atoms with Crippen LogP contribution in [0.4, 0.5) is 0 Å². The summed E-state index contributed by atoms with van der Waals surface area (Å²) in [5.74, 6) is 1.60. The largest absolute Gasteiger partial charge is 0.356 e. The SMILES string of the molecule is COC(CCC=CCCCCCCCCCl)OC(CCC=CCCCCCCCCCl)OC. The summed E-state index contributed by atoms with van der Waals surface area (Å²) in [6, 6.07) is 0. The summed E-state index contributed by atoms with van der Waals surface area (Å²) >= 11 is 11.4. The molecule has 0 N–H and O–H groups in total. The van der Waals surface area contributed by atoms with E-state index >= 15 is 0 Å². The number of unbranched alkanes of at least 4 members (excludes halogenated alkanes) is 12. The van der Waals surface area contributed by atoms with Crippen molar-refractivity contribution in [2.45, 2.75) is 128 Å². The molecule has 0 saturated heterocycles. The topological polar surface area (TPSA) is 27.7 Å². The van der Waals surface area contributed by atoms with Crippen LogP contribution in [0, 0.1) is 0 Å². The van der Waals surface area contributed by atoms with E-state index < -0.39 is 0 Å². The summed E-state index contributed by atoms with van der Waals surface area (Å²) in [5.41, 5.74) is 0. The smallest absolute Gasteiger partial charge is 0.160 e. The molecule has 3 nitrogen and oxygen atoms in total. The van der Waals surface area contributed by atoms with Gasteiger partial charge in [-0.25, -0.2) is 0 Å². The van der Waals surface area contributed by atoms with Crippen molar-refractivity contribution < 1.29 is 14.2 Å². The molecule has 0 aliphatic rings. The Hall–Kier alpha value is -0.0600. The molecule has 0 aliphatic carbocycles. The molecule has 5 heteroatoms.